The zero-order valence-electron chi connectivity index (χ0n) is 11.2. The lowest BCUT2D eigenvalue weighted by atomic mass is 10.0. The minimum Gasteiger partial charge on any atom is -0.315 e. The molecule has 0 amide bonds. The van der Waals surface area contributed by atoms with E-state index >= 15 is 0 Å². The fourth-order valence-corrected chi connectivity index (χ4v) is 2.49. The first-order chi connectivity index (χ1) is 8.89. The molecule has 1 aromatic carbocycles. The average molecular weight is 272 g/mol. The van der Waals surface area contributed by atoms with Crippen LogP contribution in [0.4, 0.5) is 13.2 Å². The zero-order valence-corrected chi connectivity index (χ0v) is 11.2. The molecule has 1 aliphatic rings. The van der Waals surface area contributed by atoms with Gasteiger partial charge in [0.25, 0.3) is 0 Å². The van der Waals surface area contributed by atoms with Gasteiger partial charge in [0.15, 0.2) is 0 Å². The van der Waals surface area contributed by atoms with Crippen LogP contribution in [0.25, 0.3) is 0 Å². The number of nitrogens with one attached hydrogen (secondary N) is 1. The van der Waals surface area contributed by atoms with Crippen molar-refractivity contribution in [3.8, 4) is 0 Å². The number of alkyl halides is 3. The van der Waals surface area contributed by atoms with E-state index < -0.39 is 11.7 Å². The van der Waals surface area contributed by atoms with Crippen LogP contribution in [0.3, 0.4) is 0 Å². The molecule has 1 aliphatic heterocycles. The SMILES string of the molecule is CC(c1ccc(C(F)(F)F)cc1)N(C)C1CCNC1. The normalized spacial score (nSPS) is 21.9. The summed E-state index contributed by atoms with van der Waals surface area (Å²) in [5, 5.41) is 3.30. The van der Waals surface area contributed by atoms with Crippen LogP contribution in [0.2, 0.25) is 0 Å². The van der Waals surface area contributed by atoms with Gasteiger partial charge < -0.3 is 5.32 Å². The molecule has 1 aromatic rings. The second kappa shape index (κ2) is 5.51. The Bertz CT molecular complexity index is 408. The minimum atomic E-state index is -4.26. The summed E-state index contributed by atoms with van der Waals surface area (Å²) in [6, 6.07) is 6.04. The van der Waals surface area contributed by atoms with E-state index in [0.29, 0.717) is 6.04 Å². The third-order valence-corrected chi connectivity index (χ3v) is 3.94. The first-order valence-corrected chi connectivity index (χ1v) is 6.49. The van der Waals surface area contributed by atoms with Crippen molar-refractivity contribution in [2.45, 2.75) is 31.6 Å². The molecule has 5 heteroatoms. The highest BCUT2D eigenvalue weighted by molar-refractivity contribution is 5.26. The summed E-state index contributed by atoms with van der Waals surface area (Å²) in [7, 11) is 2.03. The molecule has 106 valence electrons. The minimum absolute atomic E-state index is 0.118. The van der Waals surface area contributed by atoms with Gasteiger partial charge in [-0.25, -0.2) is 0 Å². The lowest BCUT2D eigenvalue weighted by Crippen LogP contribution is -2.35. The molecule has 0 spiro atoms. The van der Waals surface area contributed by atoms with Gasteiger partial charge >= 0.3 is 6.18 Å². The van der Waals surface area contributed by atoms with Crippen LogP contribution >= 0.6 is 0 Å². The Kier molecular flexibility index (Phi) is 4.16. The molecule has 2 rings (SSSR count). The van der Waals surface area contributed by atoms with E-state index in [4.69, 9.17) is 0 Å². The topological polar surface area (TPSA) is 15.3 Å². The van der Waals surface area contributed by atoms with Gasteiger partial charge in [0.1, 0.15) is 0 Å². The van der Waals surface area contributed by atoms with Crippen molar-refractivity contribution in [2.75, 3.05) is 20.1 Å². The Balaban J connectivity index is 2.08. The number of halogens is 3. The lowest BCUT2D eigenvalue weighted by molar-refractivity contribution is -0.137. The fourth-order valence-electron chi connectivity index (χ4n) is 2.49. The van der Waals surface area contributed by atoms with Gasteiger partial charge in [0, 0.05) is 18.6 Å². The smallest absolute Gasteiger partial charge is 0.315 e. The number of nitrogens with zero attached hydrogens (tertiary/aromatic N) is 1. The third-order valence-electron chi connectivity index (χ3n) is 3.94. The number of likely N-dealkylation sites (N-methyl/N-ethyl adjacent to an activating group) is 1. The van der Waals surface area contributed by atoms with E-state index in [2.05, 4.69) is 10.2 Å². The summed E-state index contributed by atoms with van der Waals surface area (Å²) in [5.41, 5.74) is 0.330. The lowest BCUT2D eigenvalue weighted by Gasteiger charge is -2.30. The standard InChI is InChI=1S/C14H19F3N2/c1-10(19(2)13-7-8-18-9-13)11-3-5-12(6-4-11)14(15,16)17/h3-6,10,13,18H,7-9H2,1-2H3. The summed E-state index contributed by atoms with van der Waals surface area (Å²) in [5.74, 6) is 0. The molecule has 1 fully saturated rings. The first kappa shape index (κ1) is 14.3. The van der Waals surface area contributed by atoms with E-state index in [-0.39, 0.29) is 6.04 Å². The largest absolute Gasteiger partial charge is 0.416 e. The summed E-state index contributed by atoms with van der Waals surface area (Å²) in [6.07, 6.45) is -3.18. The summed E-state index contributed by atoms with van der Waals surface area (Å²) in [6.45, 7) is 3.98. The van der Waals surface area contributed by atoms with E-state index in [0.717, 1.165) is 37.2 Å². The molecule has 1 heterocycles. The van der Waals surface area contributed by atoms with Crippen molar-refractivity contribution < 1.29 is 13.2 Å². The van der Waals surface area contributed by atoms with Gasteiger partial charge in [-0.2, -0.15) is 13.2 Å². The Hall–Kier alpha value is -1.07. The van der Waals surface area contributed by atoms with Crippen LogP contribution < -0.4 is 5.32 Å². The van der Waals surface area contributed by atoms with Gasteiger partial charge in [-0.05, 0) is 44.6 Å². The van der Waals surface area contributed by atoms with Crippen LogP contribution in [-0.4, -0.2) is 31.1 Å². The molecule has 19 heavy (non-hydrogen) atoms. The van der Waals surface area contributed by atoms with Crippen LogP contribution in [0.5, 0.6) is 0 Å². The van der Waals surface area contributed by atoms with Crippen molar-refractivity contribution in [1.29, 1.82) is 0 Å². The Morgan fingerprint density at radius 1 is 1.26 bits per heavy atom. The van der Waals surface area contributed by atoms with Gasteiger partial charge in [-0.15, -0.1) is 0 Å². The molecule has 0 aliphatic carbocycles. The molecule has 0 saturated carbocycles. The molecular weight excluding hydrogens is 253 g/mol. The predicted octanol–water partition coefficient (Wildman–Crippen LogP) is 3.06. The third kappa shape index (κ3) is 3.28. The molecule has 2 atom stereocenters. The van der Waals surface area contributed by atoms with E-state index in [1.165, 1.54) is 0 Å². The Labute approximate surface area is 111 Å². The number of hydrogen-bond acceptors (Lipinski definition) is 2. The molecule has 0 bridgehead atoms. The Morgan fingerprint density at radius 3 is 2.37 bits per heavy atom. The van der Waals surface area contributed by atoms with E-state index in [1.54, 1.807) is 12.1 Å². The average Bonchev–Trinajstić information content (AvgIpc) is 2.90. The first-order valence-electron chi connectivity index (χ1n) is 6.49. The number of benzene rings is 1. The highest BCUT2D eigenvalue weighted by atomic mass is 19.4. The quantitative estimate of drug-likeness (QED) is 0.909. The maximum absolute atomic E-state index is 12.5. The highest BCUT2D eigenvalue weighted by Crippen LogP contribution is 2.31. The molecule has 0 radical (unpaired) electrons. The van der Waals surface area contributed by atoms with Crippen LogP contribution in [0, 0.1) is 0 Å². The van der Waals surface area contributed by atoms with E-state index in [1.807, 2.05) is 14.0 Å². The Morgan fingerprint density at radius 2 is 1.89 bits per heavy atom. The fraction of sp³-hybridized carbons (Fsp3) is 0.571. The van der Waals surface area contributed by atoms with Crippen LogP contribution in [0.1, 0.15) is 30.5 Å². The van der Waals surface area contributed by atoms with Crippen molar-refractivity contribution in [2.24, 2.45) is 0 Å². The summed E-state index contributed by atoms with van der Waals surface area (Å²) in [4.78, 5) is 2.22. The number of rotatable bonds is 3. The van der Waals surface area contributed by atoms with Gasteiger partial charge in [0.2, 0.25) is 0 Å². The molecular formula is C14H19F3N2. The maximum atomic E-state index is 12.5. The molecule has 1 saturated heterocycles. The second-order valence-electron chi connectivity index (χ2n) is 5.11. The monoisotopic (exact) mass is 272 g/mol. The van der Waals surface area contributed by atoms with Gasteiger partial charge in [-0.3, -0.25) is 4.90 Å². The van der Waals surface area contributed by atoms with Crippen LogP contribution in [0.15, 0.2) is 24.3 Å². The molecule has 2 unspecified atom stereocenters. The van der Waals surface area contributed by atoms with Crippen molar-refractivity contribution >= 4 is 0 Å². The molecule has 2 nitrogen and oxygen atoms in total. The van der Waals surface area contributed by atoms with Crippen LogP contribution in [-0.2, 0) is 6.18 Å². The predicted molar refractivity (Wildman–Crippen MR) is 68.9 cm³/mol. The van der Waals surface area contributed by atoms with Crippen molar-refractivity contribution in [1.82, 2.24) is 10.2 Å². The summed E-state index contributed by atoms with van der Waals surface area (Å²) < 4.78 is 37.5. The second-order valence-corrected chi connectivity index (χ2v) is 5.11. The van der Waals surface area contributed by atoms with Crippen molar-refractivity contribution in [3.63, 3.8) is 0 Å². The molecule has 0 aromatic heterocycles. The molecule has 1 N–H and O–H groups in total. The number of hydrogen-bond donors (Lipinski definition) is 1. The highest BCUT2D eigenvalue weighted by Gasteiger charge is 2.30. The summed E-state index contributed by atoms with van der Waals surface area (Å²) >= 11 is 0. The van der Waals surface area contributed by atoms with E-state index in [9.17, 15) is 13.2 Å². The van der Waals surface area contributed by atoms with Gasteiger partial charge in [-0.1, -0.05) is 12.1 Å². The zero-order chi connectivity index (χ0) is 14.0. The van der Waals surface area contributed by atoms with Gasteiger partial charge in [0.05, 0.1) is 5.56 Å². The maximum Gasteiger partial charge on any atom is 0.416 e. The van der Waals surface area contributed by atoms with Crippen molar-refractivity contribution in [3.05, 3.63) is 35.4 Å².